The molecule has 1 aromatic rings. The van der Waals surface area contributed by atoms with E-state index in [9.17, 15) is 0 Å². The van der Waals surface area contributed by atoms with E-state index in [0.717, 1.165) is 31.9 Å². The quantitative estimate of drug-likeness (QED) is 0.926. The Morgan fingerprint density at radius 3 is 2.83 bits per heavy atom. The molecule has 0 radical (unpaired) electrons. The zero-order valence-corrected chi connectivity index (χ0v) is 12.4. The number of rotatable bonds is 3. The fourth-order valence-corrected chi connectivity index (χ4v) is 2.09. The van der Waals surface area contributed by atoms with Crippen LogP contribution < -0.4 is 10.1 Å². The van der Waals surface area contributed by atoms with Crippen LogP contribution in [0.5, 0.6) is 5.75 Å². The number of benzene rings is 1. The molecule has 3 nitrogen and oxygen atoms in total. The number of hydrogen-bond acceptors (Lipinski definition) is 3. The molecule has 0 aromatic heterocycles. The van der Waals surface area contributed by atoms with E-state index in [1.165, 1.54) is 18.5 Å². The van der Waals surface area contributed by atoms with Crippen molar-refractivity contribution in [2.75, 3.05) is 33.3 Å². The van der Waals surface area contributed by atoms with Crippen molar-refractivity contribution in [1.82, 2.24) is 10.2 Å². The van der Waals surface area contributed by atoms with Crippen LogP contribution in [0.25, 0.3) is 0 Å². The SMILES string of the molecule is COc1cccc(CN2CCCNCC2)c1.Cl.Cl. The van der Waals surface area contributed by atoms with Gasteiger partial charge in [0, 0.05) is 19.6 Å². The first-order valence-electron chi connectivity index (χ1n) is 5.94. The molecule has 0 amide bonds. The van der Waals surface area contributed by atoms with Crippen LogP contribution in [0.4, 0.5) is 0 Å². The van der Waals surface area contributed by atoms with Gasteiger partial charge in [0.15, 0.2) is 0 Å². The third-order valence-electron chi connectivity index (χ3n) is 2.97. The monoisotopic (exact) mass is 292 g/mol. The molecule has 1 saturated heterocycles. The summed E-state index contributed by atoms with van der Waals surface area (Å²) in [6.45, 7) is 5.60. The van der Waals surface area contributed by atoms with Crippen LogP contribution in [-0.4, -0.2) is 38.2 Å². The molecule has 0 aliphatic carbocycles. The number of halogens is 2. The lowest BCUT2D eigenvalue weighted by molar-refractivity contribution is 0.284. The van der Waals surface area contributed by atoms with E-state index in [1.54, 1.807) is 7.11 Å². The molecule has 1 aliphatic rings. The third-order valence-corrected chi connectivity index (χ3v) is 2.97. The fourth-order valence-electron chi connectivity index (χ4n) is 2.09. The van der Waals surface area contributed by atoms with Gasteiger partial charge in [0.1, 0.15) is 5.75 Å². The summed E-state index contributed by atoms with van der Waals surface area (Å²) in [7, 11) is 1.72. The lowest BCUT2D eigenvalue weighted by Crippen LogP contribution is -2.27. The molecule has 0 saturated carbocycles. The van der Waals surface area contributed by atoms with Gasteiger partial charge < -0.3 is 10.1 Å². The van der Waals surface area contributed by atoms with Gasteiger partial charge in [-0.1, -0.05) is 12.1 Å². The highest BCUT2D eigenvalue weighted by Gasteiger charge is 2.08. The Labute approximate surface area is 122 Å². The lowest BCUT2D eigenvalue weighted by Gasteiger charge is -2.19. The van der Waals surface area contributed by atoms with Crippen molar-refractivity contribution < 1.29 is 4.74 Å². The van der Waals surface area contributed by atoms with Crippen molar-refractivity contribution in [2.45, 2.75) is 13.0 Å². The maximum atomic E-state index is 5.24. The normalized spacial score (nSPS) is 16.1. The minimum atomic E-state index is 0. The molecule has 0 atom stereocenters. The molecule has 1 heterocycles. The summed E-state index contributed by atoms with van der Waals surface area (Å²) in [6, 6.07) is 8.34. The van der Waals surface area contributed by atoms with E-state index >= 15 is 0 Å². The largest absolute Gasteiger partial charge is 0.497 e. The third kappa shape index (κ3) is 5.44. The van der Waals surface area contributed by atoms with Crippen molar-refractivity contribution in [2.24, 2.45) is 0 Å². The van der Waals surface area contributed by atoms with E-state index in [1.807, 2.05) is 6.07 Å². The van der Waals surface area contributed by atoms with Gasteiger partial charge in [0.2, 0.25) is 0 Å². The topological polar surface area (TPSA) is 24.5 Å². The average Bonchev–Trinajstić information content (AvgIpc) is 2.58. The van der Waals surface area contributed by atoms with E-state index in [-0.39, 0.29) is 24.8 Å². The van der Waals surface area contributed by atoms with Crippen LogP contribution >= 0.6 is 24.8 Å². The number of ether oxygens (including phenoxy) is 1. The molecule has 18 heavy (non-hydrogen) atoms. The van der Waals surface area contributed by atoms with Crippen molar-refractivity contribution in [3.8, 4) is 5.75 Å². The zero-order valence-electron chi connectivity index (χ0n) is 10.7. The highest BCUT2D eigenvalue weighted by molar-refractivity contribution is 5.85. The predicted molar refractivity (Wildman–Crippen MR) is 80.3 cm³/mol. The molecule has 1 fully saturated rings. The molecule has 0 bridgehead atoms. The minimum Gasteiger partial charge on any atom is -0.497 e. The molecule has 1 aliphatic heterocycles. The molecule has 104 valence electrons. The first-order chi connectivity index (χ1) is 7.88. The molecule has 0 unspecified atom stereocenters. The maximum absolute atomic E-state index is 5.24. The summed E-state index contributed by atoms with van der Waals surface area (Å²) in [5.41, 5.74) is 1.33. The minimum absolute atomic E-state index is 0. The zero-order chi connectivity index (χ0) is 11.2. The molecule has 5 heteroatoms. The first kappa shape index (κ1) is 17.5. The average molecular weight is 293 g/mol. The summed E-state index contributed by atoms with van der Waals surface area (Å²) >= 11 is 0. The van der Waals surface area contributed by atoms with E-state index in [2.05, 4.69) is 28.4 Å². The predicted octanol–water partition coefficient (Wildman–Crippen LogP) is 2.33. The molecule has 2 rings (SSSR count). The van der Waals surface area contributed by atoms with Crippen molar-refractivity contribution in [3.63, 3.8) is 0 Å². The highest BCUT2D eigenvalue weighted by Crippen LogP contribution is 2.14. The van der Waals surface area contributed by atoms with Crippen molar-refractivity contribution in [1.29, 1.82) is 0 Å². The van der Waals surface area contributed by atoms with Gasteiger partial charge in [0.25, 0.3) is 0 Å². The van der Waals surface area contributed by atoms with Crippen LogP contribution in [-0.2, 0) is 6.54 Å². The highest BCUT2D eigenvalue weighted by atomic mass is 35.5. The Kier molecular flexibility index (Phi) is 9.20. The second-order valence-electron chi connectivity index (χ2n) is 4.23. The summed E-state index contributed by atoms with van der Waals surface area (Å²) in [4.78, 5) is 2.49. The van der Waals surface area contributed by atoms with Crippen LogP contribution in [0.15, 0.2) is 24.3 Å². The van der Waals surface area contributed by atoms with Gasteiger partial charge in [-0.3, -0.25) is 4.90 Å². The molecule has 0 spiro atoms. The Morgan fingerprint density at radius 2 is 2.06 bits per heavy atom. The van der Waals surface area contributed by atoms with Crippen molar-refractivity contribution in [3.05, 3.63) is 29.8 Å². The Bertz CT molecular complexity index is 329. The van der Waals surface area contributed by atoms with Crippen LogP contribution in [0.2, 0.25) is 0 Å². The van der Waals surface area contributed by atoms with E-state index < -0.39 is 0 Å². The Balaban J connectivity index is 0.00000144. The van der Waals surface area contributed by atoms with Crippen LogP contribution in [0.1, 0.15) is 12.0 Å². The maximum Gasteiger partial charge on any atom is 0.119 e. The second kappa shape index (κ2) is 9.45. The summed E-state index contributed by atoms with van der Waals surface area (Å²) in [5.74, 6) is 0.949. The Morgan fingerprint density at radius 1 is 1.22 bits per heavy atom. The Hall–Kier alpha value is -0.480. The number of nitrogens with one attached hydrogen (secondary N) is 1. The lowest BCUT2D eigenvalue weighted by atomic mass is 10.2. The van der Waals surface area contributed by atoms with Gasteiger partial charge in [-0.25, -0.2) is 0 Å². The molecule has 1 aromatic carbocycles. The summed E-state index contributed by atoms with van der Waals surface area (Å²) in [5, 5.41) is 3.42. The summed E-state index contributed by atoms with van der Waals surface area (Å²) in [6.07, 6.45) is 1.24. The van der Waals surface area contributed by atoms with Gasteiger partial charge in [0.05, 0.1) is 7.11 Å². The summed E-state index contributed by atoms with van der Waals surface area (Å²) < 4.78 is 5.24. The van der Waals surface area contributed by atoms with Gasteiger partial charge in [-0.15, -0.1) is 24.8 Å². The van der Waals surface area contributed by atoms with Gasteiger partial charge in [-0.2, -0.15) is 0 Å². The number of hydrogen-bond donors (Lipinski definition) is 1. The van der Waals surface area contributed by atoms with Crippen molar-refractivity contribution >= 4 is 24.8 Å². The number of nitrogens with zero attached hydrogens (tertiary/aromatic N) is 1. The number of methoxy groups -OCH3 is 1. The molecular formula is C13H22Cl2N2O. The molecular weight excluding hydrogens is 271 g/mol. The van der Waals surface area contributed by atoms with Gasteiger partial charge >= 0.3 is 0 Å². The van der Waals surface area contributed by atoms with E-state index in [4.69, 9.17) is 4.74 Å². The second-order valence-corrected chi connectivity index (χ2v) is 4.23. The fraction of sp³-hybridized carbons (Fsp3) is 0.538. The standard InChI is InChI=1S/C13H20N2O.2ClH/c1-16-13-5-2-4-12(10-13)11-15-8-3-6-14-7-9-15;;/h2,4-5,10,14H,3,6-9,11H2,1H3;2*1H. The molecule has 1 N–H and O–H groups in total. The smallest absolute Gasteiger partial charge is 0.119 e. The van der Waals surface area contributed by atoms with Gasteiger partial charge in [-0.05, 0) is 37.2 Å². The van der Waals surface area contributed by atoms with Crippen LogP contribution in [0.3, 0.4) is 0 Å². The van der Waals surface area contributed by atoms with Crippen LogP contribution in [0, 0.1) is 0 Å². The van der Waals surface area contributed by atoms with E-state index in [0.29, 0.717) is 0 Å². The first-order valence-corrected chi connectivity index (χ1v) is 5.94.